The first kappa shape index (κ1) is 24.7. The molecule has 1 N–H and O–H groups in total. The Morgan fingerprint density at radius 1 is 1.00 bits per heavy atom. The SMILES string of the molecule is O=C(c1ccc(Cl)cc1)N1CCN([C@H]2CN(c3nc(C(F)(F)F)nc4cc(F)ccc34)C[C@@H]2O)CC1. The van der Waals surface area contributed by atoms with Crippen molar-refractivity contribution in [3.8, 4) is 0 Å². The third-order valence-corrected chi connectivity index (χ3v) is 6.86. The zero-order valence-corrected chi connectivity index (χ0v) is 19.7. The van der Waals surface area contributed by atoms with E-state index in [4.69, 9.17) is 11.6 Å². The molecule has 0 bridgehead atoms. The highest BCUT2D eigenvalue weighted by Gasteiger charge is 2.40. The van der Waals surface area contributed by atoms with Crippen molar-refractivity contribution in [2.24, 2.45) is 0 Å². The van der Waals surface area contributed by atoms with Gasteiger partial charge >= 0.3 is 6.18 Å². The Morgan fingerprint density at radius 2 is 1.69 bits per heavy atom. The van der Waals surface area contributed by atoms with Crippen LogP contribution < -0.4 is 4.90 Å². The van der Waals surface area contributed by atoms with E-state index in [0.717, 1.165) is 12.1 Å². The van der Waals surface area contributed by atoms with E-state index in [9.17, 15) is 27.5 Å². The number of halogens is 5. The van der Waals surface area contributed by atoms with Gasteiger partial charge in [-0.05, 0) is 36.4 Å². The Kier molecular flexibility index (Phi) is 6.48. The second-order valence-corrected chi connectivity index (χ2v) is 9.34. The minimum atomic E-state index is -4.81. The molecule has 2 aliphatic rings. The predicted molar refractivity (Wildman–Crippen MR) is 125 cm³/mol. The summed E-state index contributed by atoms with van der Waals surface area (Å²) in [7, 11) is 0. The van der Waals surface area contributed by atoms with Crippen LogP contribution in [0.5, 0.6) is 0 Å². The molecule has 2 aliphatic heterocycles. The van der Waals surface area contributed by atoms with E-state index < -0.39 is 23.9 Å². The third-order valence-electron chi connectivity index (χ3n) is 6.61. The number of hydrogen-bond donors (Lipinski definition) is 1. The van der Waals surface area contributed by atoms with E-state index >= 15 is 0 Å². The number of alkyl halides is 3. The number of nitrogens with zero attached hydrogens (tertiary/aromatic N) is 5. The summed E-state index contributed by atoms with van der Waals surface area (Å²) in [6, 6.07) is 9.72. The lowest BCUT2D eigenvalue weighted by atomic mass is 10.1. The summed E-state index contributed by atoms with van der Waals surface area (Å²) in [4.78, 5) is 25.4. The number of hydrogen-bond acceptors (Lipinski definition) is 6. The van der Waals surface area contributed by atoms with Crippen LogP contribution in [0.25, 0.3) is 10.9 Å². The maximum Gasteiger partial charge on any atom is 0.451 e. The molecule has 0 aliphatic carbocycles. The molecule has 0 unspecified atom stereocenters. The van der Waals surface area contributed by atoms with Gasteiger partial charge in [-0.25, -0.2) is 14.4 Å². The Hall–Kier alpha value is -3.02. The van der Waals surface area contributed by atoms with Gasteiger partial charge in [0.1, 0.15) is 11.6 Å². The fourth-order valence-corrected chi connectivity index (χ4v) is 4.91. The standard InChI is InChI=1S/C24H22ClF4N5O2/c25-15-3-1-14(2-4-15)22(36)33-9-7-32(8-10-33)19-12-34(13-20(19)35)21-17-6-5-16(26)11-18(17)30-23(31-21)24(27,28)29/h1-6,11,19-20,35H,7-10,12-13H2/t19-,20-/m0/s1. The predicted octanol–water partition coefficient (Wildman–Crippen LogP) is 3.45. The van der Waals surface area contributed by atoms with E-state index in [1.807, 2.05) is 4.90 Å². The molecule has 2 fully saturated rings. The molecule has 36 heavy (non-hydrogen) atoms. The lowest BCUT2D eigenvalue weighted by Gasteiger charge is -2.38. The Morgan fingerprint density at radius 3 is 2.36 bits per heavy atom. The van der Waals surface area contributed by atoms with Crippen LogP contribution in [0.4, 0.5) is 23.4 Å². The molecule has 7 nitrogen and oxygen atoms in total. The van der Waals surface area contributed by atoms with Gasteiger partial charge < -0.3 is 14.9 Å². The summed E-state index contributed by atoms with van der Waals surface area (Å²) in [6.45, 7) is 2.18. The van der Waals surface area contributed by atoms with E-state index in [2.05, 4.69) is 9.97 Å². The van der Waals surface area contributed by atoms with Gasteiger partial charge in [0.05, 0.1) is 17.7 Å². The minimum absolute atomic E-state index is 0.00503. The zero-order valence-electron chi connectivity index (χ0n) is 18.9. The topological polar surface area (TPSA) is 72.8 Å². The first-order valence-electron chi connectivity index (χ1n) is 11.4. The van der Waals surface area contributed by atoms with Crippen molar-refractivity contribution in [2.75, 3.05) is 44.2 Å². The summed E-state index contributed by atoms with van der Waals surface area (Å²) >= 11 is 5.89. The summed E-state index contributed by atoms with van der Waals surface area (Å²) in [6.07, 6.45) is -5.65. The monoisotopic (exact) mass is 523 g/mol. The van der Waals surface area contributed by atoms with E-state index in [1.165, 1.54) is 6.07 Å². The van der Waals surface area contributed by atoms with E-state index in [-0.39, 0.29) is 41.8 Å². The molecule has 1 aromatic heterocycles. The lowest BCUT2D eigenvalue weighted by molar-refractivity contribution is -0.144. The van der Waals surface area contributed by atoms with Crippen LogP contribution in [0.15, 0.2) is 42.5 Å². The summed E-state index contributed by atoms with van der Waals surface area (Å²) in [5, 5.41) is 11.6. The van der Waals surface area contributed by atoms with Crippen molar-refractivity contribution in [1.29, 1.82) is 0 Å². The molecule has 0 radical (unpaired) electrons. The maximum atomic E-state index is 13.7. The quantitative estimate of drug-likeness (QED) is 0.530. The molecule has 0 spiro atoms. The molecule has 190 valence electrons. The number of aliphatic hydroxyl groups excluding tert-OH is 1. The summed E-state index contributed by atoms with van der Waals surface area (Å²) in [5.74, 6) is -2.17. The van der Waals surface area contributed by atoms with Crippen LogP contribution in [0.1, 0.15) is 16.2 Å². The van der Waals surface area contributed by atoms with Gasteiger partial charge in [0, 0.05) is 61.3 Å². The number of fused-ring (bicyclic) bond motifs is 1. The number of rotatable bonds is 3. The number of amides is 1. The Bertz CT molecular complexity index is 1280. The van der Waals surface area contributed by atoms with Gasteiger partial charge in [-0.2, -0.15) is 13.2 Å². The highest BCUT2D eigenvalue weighted by Crippen LogP contribution is 2.34. The number of aromatic nitrogens is 2. The largest absolute Gasteiger partial charge is 0.451 e. The molecule has 2 saturated heterocycles. The maximum absolute atomic E-state index is 13.7. The van der Waals surface area contributed by atoms with Crippen LogP contribution in [0.2, 0.25) is 5.02 Å². The van der Waals surface area contributed by atoms with E-state index in [1.54, 1.807) is 34.1 Å². The summed E-state index contributed by atoms with van der Waals surface area (Å²) < 4.78 is 54.0. The number of piperazine rings is 1. The number of carbonyl (C=O) groups is 1. The molecule has 2 atom stereocenters. The Labute approximate surface area is 208 Å². The van der Waals surface area contributed by atoms with E-state index in [0.29, 0.717) is 36.8 Å². The normalized spacial score (nSPS) is 21.4. The average Bonchev–Trinajstić information content (AvgIpc) is 3.24. The fraction of sp³-hybridized carbons (Fsp3) is 0.375. The second-order valence-electron chi connectivity index (χ2n) is 8.90. The third kappa shape index (κ3) is 4.82. The van der Waals surface area contributed by atoms with Crippen LogP contribution in [-0.4, -0.2) is 82.2 Å². The number of aliphatic hydroxyl groups is 1. The second kappa shape index (κ2) is 9.45. The van der Waals surface area contributed by atoms with Crippen LogP contribution >= 0.6 is 11.6 Å². The van der Waals surface area contributed by atoms with Crippen molar-refractivity contribution in [3.05, 3.63) is 64.7 Å². The molecule has 12 heteroatoms. The molecule has 3 aromatic rings. The van der Waals surface area contributed by atoms with Crippen molar-refractivity contribution in [2.45, 2.75) is 18.3 Å². The number of benzene rings is 2. The number of β-amino-alcohol motifs (C(OH)–C–C–N with tert-alkyl or cyclic N) is 1. The van der Waals surface area contributed by atoms with Gasteiger partial charge in [0.25, 0.3) is 5.91 Å². The first-order chi connectivity index (χ1) is 17.1. The van der Waals surface area contributed by atoms with Crippen LogP contribution in [0, 0.1) is 5.82 Å². The van der Waals surface area contributed by atoms with Gasteiger partial charge in [-0.1, -0.05) is 11.6 Å². The van der Waals surface area contributed by atoms with Gasteiger partial charge in [-0.3, -0.25) is 9.69 Å². The summed E-state index contributed by atoms with van der Waals surface area (Å²) in [5.41, 5.74) is 0.382. The van der Waals surface area contributed by atoms with Crippen molar-refractivity contribution >= 4 is 34.2 Å². The molecule has 3 heterocycles. The first-order valence-corrected chi connectivity index (χ1v) is 11.7. The van der Waals surface area contributed by atoms with Crippen LogP contribution in [0.3, 0.4) is 0 Å². The fourth-order valence-electron chi connectivity index (χ4n) is 4.79. The number of carbonyl (C=O) groups excluding carboxylic acids is 1. The highest BCUT2D eigenvalue weighted by molar-refractivity contribution is 6.30. The highest BCUT2D eigenvalue weighted by atomic mass is 35.5. The lowest BCUT2D eigenvalue weighted by Crippen LogP contribution is -2.54. The minimum Gasteiger partial charge on any atom is -0.390 e. The number of anilines is 1. The van der Waals surface area contributed by atoms with Crippen molar-refractivity contribution in [3.63, 3.8) is 0 Å². The molecule has 5 rings (SSSR count). The Balaban J connectivity index is 1.32. The average molecular weight is 524 g/mol. The van der Waals surface area contributed by atoms with Gasteiger partial charge in [-0.15, -0.1) is 0 Å². The smallest absolute Gasteiger partial charge is 0.390 e. The molecule has 2 aromatic carbocycles. The zero-order chi connectivity index (χ0) is 25.6. The molecular formula is C24H22ClF4N5O2. The van der Waals surface area contributed by atoms with Gasteiger partial charge in [0.15, 0.2) is 0 Å². The van der Waals surface area contributed by atoms with Crippen molar-refractivity contribution in [1.82, 2.24) is 19.8 Å². The molecular weight excluding hydrogens is 502 g/mol. The van der Waals surface area contributed by atoms with Crippen LogP contribution in [-0.2, 0) is 6.18 Å². The van der Waals surface area contributed by atoms with Crippen molar-refractivity contribution < 1.29 is 27.5 Å². The molecule has 0 saturated carbocycles. The molecule has 1 amide bonds. The van der Waals surface area contributed by atoms with Gasteiger partial charge in [0.2, 0.25) is 5.82 Å².